The number of hydrogen-bond acceptors (Lipinski definition) is 3. The van der Waals surface area contributed by atoms with Gasteiger partial charge in [0.2, 0.25) is 0 Å². The van der Waals surface area contributed by atoms with Gasteiger partial charge in [-0.25, -0.2) is 4.98 Å². The average molecular weight is 459 g/mol. The van der Waals surface area contributed by atoms with Crippen LogP contribution in [0.2, 0.25) is 0 Å². The lowest BCUT2D eigenvalue weighted by molar-refractivity contribution is 0.319. The van der Waals surface area contributed by atoms with Gasteiger partial charge in [0.15, 0.2) is 5.96 Å². The Balaban J connectivity index is 0.00000312. The smallest absolute Gasteiger partial charge is 0.193 e. The van der Waals surface area contributed by atoms with Crippen LogP contribution in [-0.2, 0) is 6.54 Å². The Kier molecular flexibility index (Phi) is 9.53. The van der Waals surface area contributed by atoms with Crippen molar-refractivity contribution in [3.05, 3.63) is 23.9 Å². The maximum atomic E-state index is 4.50. The highest BCUT2D eigenvalue weighted by molar-refractivity contribution is 14.0. The number of nitrogens with zero attached hydrogens (tertiary/aromatic N) is 4. The molecule has 1 fully saturated rings. The van der Waals surface area contributed by atoms with Crippen LogP contribution in [0.1, 0.15) is 38.7 Å². The number of nitrogens with one attached hydrogen (secondary N) is 1. The zero-order valence-electron chi connectivity index (χ0n) is 16.3. The van der Waals surface area contributed by atoms with Crippen molar-refractivity contribution in [3.8, 4) is 0 Å². The molecule has 6 heteroatoms. The van der Waals surface area contributed by atoms with E-state index in [1.54, 1.807) is 0 Å². The maximum Gasteiger partial charge on any atom is 0.193 e. The van der Waals surface area contributed by atoms with Crippen LogP contribution in [-0.4, -0.2) is 50.1 Å². The van der Waals surface area contributed by atoms with Crippen molar-refractivity contribution >= 4 is 35.8 Å². The Morgan fingerprint density at radius 1 is 1.40 bits per heavy atom. The first-order valence-electron chi connectivity index (χ1n) is 9.17. The summed E-state index contributed by atoms with van der Waals surface area (Å²) in [5.41, 5.74) is 1.19. The molecule has 0 aromatic carbocycles. The molecule has 1 aromatic rings. The van der Waals surface area contributed by atoms with Crippen molar-refractivity contribution in [2.75, 3.05) is 39.1 Å². The first-order valence-corrected chi connectivity index (χ1v) is 9.17. The molecule has 0 aliphatic carbocycles. The van der Waals surface area contributed by atoms with Crippen molar-refractivity contribution in [1.82, 2.24) is 15.2 Å². The van der Waals surface area contributed by atoms with Gasteiger partial charge in [-0.05, 0) is 24.3 Å². The Bertz CT molecular complexity index is 542. The normalized spacial score (nSPS) is 17.6. The van der Waals surface area contributed by atoms with Crippen LogP contribution in [0.25, 0.3) is 0 Å². The highest BCUT2D eigenvalue weighted by atomic mass is 127. The van der Waals surface area contributed by atoms with E-state index in [4.69, 9.17) is 0 Å². The van der Waals surface area contributed by atoms with Crippen molar-refractivity contribution in [2.45, 2.75) is 39.7 Å². The van der Waals surface area contributed by atoms with E-state index < -0.39 is 0 Å². The third-order valence-corrected chi connectivity index (χ3v) is 5.18. The Hall–Kier alpha value is -1.05. The SMILES string of the molecule is CCC(CC)C1CCN(C(=NC)NCc2cccnc2N(C)C)C1.I. The molecule has 5 nitrogen and oxygen atoms in total. The lowest BCUT2D eigenvalue weighted by atomic mass is 9.87. The standard InChI is InChI=1S/C19H33N5.HI/c1-6-15(7-2)17-10-12-24(14-17)19(20-3)22-13-16-9-8-11-21-18(16)23(4)5;/h8-9,11,15,17H,6-7,10,12-14H2,1-5H3,(H,20,22);1H. The molecule has 0 amide bonds. The minimum Gasteiger partial charge on any atom is -0.362 e. The average Bonchev–Trinajstić information content (AvgIpc) is 3.06. The molecule has 0 saturated carbocycles. The van der Waals surface area contributed by atoms with E-state index in [2.05, 4.69) is 45.0 Å². The number of aromatic nitrogens is 1. The molecule has 25 heavy (non-hydrogen) atoms. The summed E-state index contributed by atoms with van der Waals surface area (Å²) in [6.07, 6.45) is 5.68. The predicted octanol–water partition coefficient (Wildman–Crippen LogP) is 3.60. The van der Waals surface area contributed by atoms with E-state index in [-0.39, 0.29) is 24.0 Å². The Morgan fingerprint density at radius 3 is 2.72 bits per heavy atom. The molecule has 1 atom stereocenters. The molecule has 142 valence electrons. The van der Waals surface area contributed by atoms with Crippen molar-refractivity contribution in [2.24, 2.45) is 16.8 Å². The fraction of sp³-hybridized carbons (Fsp3) is 0.684. The van der Waals surface area contributed by atoms with Gasteiger partial charge in [-0.1, -0.05) is 32.8 Å². The second kappa shape index (κ2) is 10.8. The summed E-state index contributed by atoms with van der Waals surface area (Å²) in [6.45, 7) is 7.61. The third kappa shape index (κ3) is 5.72. The summed E-state index contributed by atoms with van der Waals surface area (Å²) in [5.74, 6) is 3.66. The second-order valence-electron chi connectivity index (χ2n) is 6.85. The Labute approximate surface area is 170 Å². The molecule has 1 aliphatic heterocycles. The van der Waals surface area contributed by atoms with Crippen LogP contribution < -0.4 is 10.2 Å². The number of likely N-dealkylation sites (tertiary alicyclic amines) is 1. The van der Waals surface area contributed by atoms with Gasteiger partial charge in [0.25, 0.3) is 0 Å². The van der Waals surface area contributed by atoms with Gasteiger partial charge >= 0.3 is 0 Å². The van der Waals surface area contributed by atoms with Gasteiger partial charge in [-0.15, -0.1) is 24.0 Å². The number of hydrogen-bond donors (Lipinski definition) is 1. The number of aliphatic imine (C=N–C) groups is 1. The van der Waals surface area contributed by atoms with Crippen molar-refractivity contribution in [3.63, 3.8) is 0 Å². The molecule has 1 saturated heterocycles. The fourth-order valence-corrected chi connectivity index (χ4v) is 3.80. The van der Waals surface area contributed by atoms with E-state index in [9.17, 15) is 0 Å². The Morgan fingerprint density at radius 2 is 2.12 bits per heavy atom. The molecule has 1 aromatic heterocycles. The molecule has 0 spiro atoms. The number of pyridine rings is 1. The van der Waals surface area contributed by atoms with Crippen LogP contribution in [0.3, 0.4) is 0 Å². The zero-order valence-corrected chi connectivity index (χ0v) is 18.7. The van der Waals surface area contributed by atoms with Gasteiger partial charge in [0.1, 0.15) is 5.82 Å². The number of rotatable bonds is 6. The molecule has 0 radical (unpaired) electrons. The van der Waals surface area contributed by atoms with Gasteiger partial charge in [-0.3, -0.25) is 4.99 Å². The molecule has 0 bridgehead atoms. The number of guanidine groups is 1. The molecule has 1 N–H and O–H groups in total. The van der Waals surface area contributed by atoms with E-state index in [1.165, 1.54) is 24.8 Å². The molecular formula is C19H34IN5. The molecule has 1 unspecified atom stereocenters. The van der Waals surface area contributed by atoms with Crippen molar-refractivity contribution in [1.29, 1.82) is 0 Å². The summed E-state index contributed by atoms with van der Waals surface area (Å²) < 4.78 is 0. The lowest BCUT2D eigenvalue weighted by Crippen LogP contribution is -2.40. The number of halogens is 1. The zero-order chi connectivity index (χ0) is 17.5. The van der Waals surface area contributed by atoms with Crippen LogP contribution in [0, 0.1) is 11.8 Å². The first-order chi connectivity index (χ1) is 11.6. The van der Waals surface area contributed by atoms with E-state index in [0.717, 1.165) is 43.2 Å². The second-order valence-corrected chi connectivity index (χ2v) is 6.85. The molecule has 2 rings (SSSR count). The predicted molar refractivity (Wildman–Crippen MR) is 118 cm³/mol. The monoisotopic (exact) mass is 459 g/mol. The summed E-state index contributed by atoms with van der Waals surface area (Å²) in [5, 5.41) is 3.53. The van der Waals surface area contributed by atoms with Crippen LogP contribution in [0.5, 0.6) is 0 Å². The topological polar surface area (TPSA) is 43.8 Å². The molecule has 2 heterocycles. The minimum absolute atomic E-state index is 0. The van der Waals surface area contributed by atoms with Gasteiger partial charge < -0.3 is 15.1 Å². The molecular weight excluding hydrogens is 425 g/mol. The van der Waals surface area contributed by atoms with Gasteiger partial charge in [0, 0.05) is 52.5 Å². The highest BCUT2D eigenvalue weighted by Gasteiger charge is 2.29. The maximum absolute atomic E-state index is 4.50. The summed E-state index contributed by atoms with van der Waals surface area (Å²) >= 11 is 0. The van der Waals surface area contributed by atoms with Crippen LogP contribution in [0.15, 0.2) is 23.3 Å². The van der Waals surface area contributed by atoms with Crippen LogP contribution in [0.4, 0.5) is 5.82 Å². The summed E-state index contributed by atoms with van der Waals surface area (Å²) in [7, 11) is 5.94. The van der Waals surface area contributed by atoms with E-state index in [0.29, 0.717) is 0 Å². The first kappa shape index (κ1) is 22.0. The van der Waals surface area contributed by atoms with E-state index in [1.807, 2.05) is 33.4 Å². The van der Waals surface area contributed by atoms with Crippen molar-refractivity contribution < 1.29 is 0 Å². The largest absolute Gasteiger partial charge is 0.362 e. The molecule has 1 aliphatic rings. The highest BCUT2D eigenvalue weighted by Crippen LogP contribution is 2.28. The number of anilines is 1. The van der Waals surface area contributed by atoms with Gasteiger partial charge in [-0.2, -0.15) is 0 Å². The fourth-order valence-electron chi connectivity index (χ4n) is 3.80. The lowest BCUT2D eigenvalue weighted by Gasteiger charge is -2.25. The summed E-state index contributed by atoms with van der Waals surface area (Å²) in [6, 6.07) is 4.12. The summed E-state index contributed by atoms with van der Waals surface area (Å²) in [4.78, 5) is 13.4. The minimum atomic E-state index is 0. The third-order valence-electron chi connectivity index (χ3n) is 5.18. The van der Waals surface area contributed by atoms with E-state index >= 15 is 0 Å². The van der Waals surface area contributed by atoms with Gasteiger partial charge in [0.05, 0.1) is 0 Å². The quantitative estimate of drug-likeness (QED) is 0.401. The van der Waals surface area contributed by atoms with Crippen LogP contribution >= 0.6 is 24.0 Å².